The molecule has 0 heterocycles. The van der Waals surface area contributed by atoms with Crippen LogP contribution in [0.4, 0.5) is 5.69 Å². The van der Waals surface area contributed by atoms with E-state index < -0.39 is 9.05 Å². The largest absolute Gasteiger partial charge is 0.377 e. The van der Waals surface area contributed by atoms with Crippen molar-refractivity contribution in [2.45, 2.75) is 11.8 Å². The average molecular weight is 305 g/mol. The van der Waals surface area contributed by atoms with Gasteiger partial charge in [0.2, 0.25) is 0 Å². The monoisotopic (exact) mass is 304 g/mol. The van der Waals surface area contributed by atoms with Crippen LogP contribution in [0.15, 0.2) is 23.1 Å². The average Bonchev–Trinajstić information content (AvgIpc) is 2.35. The summed E-state index contributed by atoms with van der Waals surface area (Å²) in [5, 5.41) is 0. The molecule has 0 saturated carbocycles. The summed E-state index contributed by atoms with van der Waals surface area (Å²) in [6.07, 6.45) is 0. The highest BCUT2D eigenvalue weighted by atomic mass is 35.7. The summed E-state index contributed by atoms with van der Waals surface area (Å²) in [5.74, 6) is -0.241. The third-order valence-electron chi connectivity index (χ3n) is 2.77. The van der Waals surface area contributed by atoms with Crippen molar-refractivity contribution >= 4 is 31.3 Å². The number of nitrogens with zero attached hydrogens (tertiary/aromatic N) is 2. The molecule has 106 valence electrons. The van der Waals surface area contributed by atoms with Crippen molar-refractivity contribution in [2.75, 3.05) is 32.6 Å². The molecule has 5 nitrogen and oxygen atoms in total. The molecule has 1 amide bonds. The second-order valence-electron chi connectivity index (χ2n) is 4.33. The fourth-order valence-electron chi connectivity index (χ4n) is 1.58. The topological polar surface area (TPSA) is 57.7 Å². The third kappa shape index (κ3) is 3.61. The highest BCUT2D eigenvalue weighted by Gasteiger charge is 2.20. The number of anilines is 1. The summed E-state index contributed by atoms with van der Waals surface area (Å²) >= 11 is 0. The molecule has 19 heavy (non-hydrogen) atoms. The van der Waals surface area contributed by atoms with Crippen LogP contribution in [-0.2, 0) is 9.05 Å². The number of halogens is 1. The van der Waals surface area contributed by atoms with Crippen LogP contribution in [0.5, 0.6) is 0 Å². The Hall–Kier alpha value is -1.27. The Labute approximate surface area is 118 Å². The van der Waals surface area contributed by atoms with Gasteiger partial charge in [0.05, 0.1) is 5.69 Å². The molecule has 1 aromatic rings. The lowest BCUT2D eigenvalue weighted by Crippen LogP contribution is -2.26. The number of hydrogen-bond donors (Lipinski definition) is 0. The molecule has 0 N–H and O–H groups in total. The van der Waals surface area contributed by atoms with E-state index in [0.717, 1.165) is 0 Å². The minimum Gasteiger partial charge on any atom is -0.377 e. The summed E-state index contributed by atoms with van der Waals surface area (Å²) in [7, 11) is 6.58. The summed E-state index contributed by atoms with van der Waals surface area (Å²) in [4.78, 5) is 15.1. The van der Waals surface area contributed by atoms with Crippen LogP contribution in [-0.4, -0.2) is 46.9 Å². The highest BCUT2D eigenvalue weighted by Crippen LogP contribution is 2.28. The normalized spacial score (nSPS) is 11.2. The molecule has 7 heteroatoms. The molecule has 0 aliphatic carbocycles. The number of hydrogen-bond acceptors (Lipinski definition) is 4. The first kappa shape index (κ1) is 15.8. The van der Waals surface area contributed by atoms with E-state index in [4.69, 9.17) is 10.7 Å². The van der Waals surface area contributed by atoms with Crippen molar-refractivity contribution in [3.05, 3.63) is 23.8 Å². The van der Waals surface area contributed by atoms with Crippen molar-refractivity contribution in [3.63, 3.8) is 0 Å². The Bertz CT molecular complexity index is 585. The van der Waals surface area contributed by atoms with Gasteiger partial charge in [-0.15, -0.1) is 0 Å². The summed E-state index contributed by atoms with van der Waals surface area (Å²) < 4.78 is 23.2. The first-order valence-corrected chi connectivity index (χ1v) is 8.01. The first-order chi connectivity index (χ1) is 8.68. The fraction of sp³-hybridized carbons (Fsp3) is 0.417. The maximum absolute atomic E-state index is 12.0. The lowest BCUT2D eigenvalue weighted by Gasteiger charge is -2.18. The van der Waals surface area contributed by atoms with E-state index in [-0.39, 0.29) is 10.8 Å². The molecule has 1 aromatic carbocycles. The van der Waals surface area contributed by atoms with Crippen LogP contribution in [0.25, 0.3) is 0 Å². The van der Waals surface area contributed by atoms with E-state index >= 15 is 0 Å². The van der Waals surface area contributed by atoms with E-state index in [0.29, 0.717) is 17.8 Å². The predicted octanol–water partition coefficient (Wildman–Crippen LogP) is 1.77. The molecule has 0 atom stereocenters. The van der Waals surface area contributed by atoms with Crippen LogP contribution >= 0.6 is 10.7 Å². The maximum Gasteiger partial charge on any atom is 0.263 e. The molecule has 0 spiro atoms. The Morgan fingerprint density at radius 1 is 1.26 bits per heavy atom. The number of carbonyl (C=O) groups excluding carboxylic acids is 1. The van der Waals surface area contributed by atoms with E-state index in [1.165, 1.54) is 11.0 Å². The Morgan fingerprint density at radius 2 is 1.84 bits per heavy atom. The summed E-state index contributed by atoms with van der Waals surface area (Å²) in [6, 6.07) is 4.48. The summed E-state index contributed by atoms with van der Waals surface area (Å²) in [6.45, 7) is 2.38. The maximum atomic E-state index is 12.0. The number of rotatable bonds is 4. The SMILES string of the molecule is CCN(C)C(=O)c1ccc(N(C)C)c(S(=O)(=O)Cl)c1. The molecule has 0 bridgehead atoms. The van der Waals surface area contributed by atoms with Crippen LogP contribution in [0.1, 0.15) is 17.3 Å². The minimum absolute atomic E-state index is 0.0606. The summed E-state index contributed by atoms with van der Waals surface area (Å²) in [5.41, 5.74) is 0.750. The van der Waals surface area contributed by atoms with Gasteiger partial charge in [-0.1, -0.05) is 0 Å². The first-order valence-electron chi connectivity index (χ1n) is 5.70. The van der Waals surface area contributed by atoms with Crippen LogP contribution in [0.3, 0.4) is 0 Å². The third-order valence-corrected chi connectivity index (χ3v) is 4.12. The van der Waals surface area contributed by atoms with Crippen molar-refractivity contribution in [1.29, 1.82) is 0 Å². The van der Waals surface area contributed by atoms with Gasteiger partial charge in [0.25, 0.3) is 15.0 Å². The molecule has 0 aromatic heterocycles. The Kier molecular flexibility index (Phi) is 4.81. The predicted molar refractivity (Wildman–Crippen MR) is 76.4 cm³/mol. The van der Waals surface area contributed by atoms with Crippen LogP contribution in [0.2, 0.25) is 0 Å². The standard InChI is InChI=1S/C12H17ClN2O3S/c1-5-15(4)12(16)9-6-7-10(14(2)3)11(8-9)19(13,17)18/h6-8H,5H2,1-4H3. The molecule has 0 fully saturated rings. The van der Waals surface area contributed by atoms with E-state index in [9.17, 15) is 13.2 Å². The van der Waals surface area contributed by atoms with Crippen molar-refractivity contribution < 1.29 is 13.2 Å². The second kappa shape index (κ2) is 5.79. The molecule has 0 unspecified atom stereocenters. The molecule has 0 aliphatic rings. The molecular formula is C12H17ClN2O3S. The Balaban J connectivity index is 3.39. The smallest absolute Gasteiger partial charge is 0.263 e. The van der Waals surface area contributed by atoms with Gasteiger partial charge in [0.15, 0.2) is 0 Å². The highest BCUT2D eigenvalue weighted by molar-refractivity contribution is 8.13. The van der Waals surface area contributed by atoms with Gasteiger partial charge in [0.1, 0.15) is 4.90 Å². The van der Waals surface area contributed by atoms with Gasteiger partial charge >= 0.3 is 0 Å². The molecule has 0 aliphatic heterocycles. The molecular weight excluding hydrogens is 288 g/mol. The zero-order valence-electron chi connectivity index (χ0n) is 11.3. The van der Waals surface area contributed by atoms with Gasteiger partial charge in [-0.05, 0) is 25.1 Å². The van der Waals surface area contributed by atoms with E-state index in [1.807, 2.05) is 6.92 Å². The van der Waals surface area contributed by atoms with Crippen molar-refractivity contribution in [1.82, 2.24) is 4.90 Å². The van der Waals surface area contributed by atoms with Gasteiger partial charge in [0, 0.05) is 43.9 Å². The van der Waals surface area contributed by atoms with Gasteiger partial charge in [-0.3, -0.25) is 4.79 Å². The molecule has 0 saturated heterocycles. The van der Waals surface area contributed by atoms with Crippen molar-refractivity contribution in [2.24, 2.45) is 0 Å². The molecule has 1 rings (SSSR count). The number of amides is 1. The van der Waals surface area contributed by atoms with E-state index in [2.05, 4.69) is 0 Å². The zero-order valence-corrected chi connectivity index (χ0v) is 12.9. The van der Waals surface area contributed by atoms with Crippen LogP contribution < -0.4 is 4.90 Å². The second-order valence-corrected chi connectivity index (χ2v) is 6.87. The van der Waals surface area contributed by atoms with Gasteiger partial charge in [-0.2, -0.15) is 0 Å². The minimum atomic E-state index is -3.91. The lowest BCUT2D eigenvalue weighted by molar-refractivity contribution is 0.0802. The van der Waals surface area contributed by atoms with Crippen LogP contribution in [0, 0.1) is 0 Å². The number of carbonyl (C=O) groups is 1. The van der Waals surface area contributed by atoms with Crippen molar-refractivity contribution in [3.8, 4) is 0 Å². The van der Waals surface area contributed by atoms with Gasteiger partial charge < -0.3 is 9.80 Å². The quantitative estimate of drug-likeness (QED) is 0.796. The zero-order chi connectivity index (χ0) is 14.8. The fourth-order valence-corrected chi connectivity index (χ4v) is 2.71. The molecule has 0 radical (unpaired) electrons. The number of benzene rings is 1. The Morgan fingerprint density at radius 3 is 2.26 bits per heavy atom. The van der Waals surface area contributed by atoms with E-state index in [1.54, 1.807) is 38.2 Å². The lowest BCUT2D eigenvalue weighted by atomic mass is 10.1. The van der Waals surface area contributed by atoms with Gasteiger partial charge in [-0.25, -0.2) is 8.42 Å².